The Kier molecular flexibility index (Phi) is 8.06. The lowest BCUT2D eigenvalue weighted by atomic mass is 9.72. The summed E-state index contributed by atoms with van der Waals surface area (Å²) in [7, 11) is 0. The third-order valence-electron chi connectivity index (χ3n) is 5.08. The lowest BCUT2D eigenvalue weighted by molar-refractivity contribution is 0.137. The summed E-state index contributed by atoms with van der Waals surface area (Å²) in [6.07, 6.45) is 7.14. The van der Waals surface area contributed by atoms with Crippen LogP contribution in [-0.4, -0.2) is 37.3 Å². The lowest BCUT2D eigenvalue weighted by Gasteiger charge is -2.35. The van der Waals surface area contributed by atoms with E-state index in [-0.39, 0.29) is 12.0 Å². The molecule has 4 nitrogen and oxygen atoms in total. The second kappa shape index (κ2) is 10.0. The number of guanidine groups is 1. The molecule has 1 saturated carbocycles. The van der Waals surface area contributed by atoms with Crippen LogP contribution in [-0.2, 0) is 0 Å². The topological polar surface area (TPSA) is 56.7 Å². The molecule has 1 heterocycles. The van der Waals surface area contributed by atoms with E-state index < -0.39 is 0 Å². The predicted molar refractivity (Wildman–Crippen MR) is 104 cm³/mol. The molecule has 1 fully saturated rings. The number of aliphatic hydroxyl groups is 1. The number of thiophene rings is 1. The van der Waals surface area contributed by atoms with Crippen molar-refractivity contribution in [3.8, 4) is 0 Å². The molecule has 0 radical (unpaired) electrons. The Balaban J connectivity index is 1.93. The normalized spacial score (nSPS) is 19.0. The molecule has 1 unspecified atom stereocenters. The molecule has 136 valence electrons. The van der Waals surface area contributed by atoms with Gasteiger partial charge in [0, 0.05) is 37.0 Å². The third-order valence-corrected chi connectivity index (χ3v) is 6.18. The van der Waals surface area contributed by atoms with E-state index in [1.165, 1.54) is 37.0 Å². The first-order valence-electron chi connectivity index (χ1n) is 9.35. The minimum Gasteiger partial charge on any atom is -0.396 e. The quantitative estimate of drug-likeness (QED) is 0.494. The molecule has 5 heteroatoms. The van der Waals surface area contributed by atoms with Crippen LogP contribution in [0.15, 0.2) is 22.5 Å². The SMILES string of the molecule is CCNC(=NCC1(CCO)CCCCC1)NCC(C)c1cccs1. The molecule has 0 saturated heterocycles. The van der Waals surface area contributed by atoms with Gasteiger partial charge in [-0.3, -0.25) is 4.99 Å². The summed E-state index contributed by atoms with van der Waals surface area (Å²) in [4.78, 5) is 6.27. The molecule has 0 bridgehead atoms. The van der Waals surface area contributed by atoms with Crippen molar-refractivity contribution in [1.82, 2.24) is 10.6 Å². The van der Waals surface area contributed by atoms with Crippen molar-refractivity contribution in [3.05, 3.63) is 22.4 Å². The van der Waals surface area contributed by atoms with Gasteiger partial charge in [0.05, 0.1) is 0 Å². The van der Waals surface area contributed by atoms with Gasteiger partial charge in [-0.25, -0.2) is 0 Å². The van der Waals surface area contributed by atoms with Crippen molar-refractivity contribution in [2.45, 2.75) is 58.3 Å². The number of nitrogens with zero attached hydrogens (tertiary/aromatic N) is 1. The smallest absolute Gasteiger partial charge is 0.191 e. The van der Waals surface area contributed by atoms with E-state index in [1.54, 1.807) is 0 Å². The zero-order valence-corrected chi connectivity index (χ0v) is 16.0. The van der Waals surface area contributed by atoms with Crippen LogP contribution in [0.25, 0.3) is 0 Å². The Hall–Kier alpha value is -1.07. The number of nitrogens with one attached hydrogen (secondary N) is 2. The number of hydrogen-bond acceptors (Lipinski definition) is 3. The van der Waals surface area contributed by atoms with Gasteiger partial charge in [0.25, 0.3) is 0 Å². The van der Waals surface area contributed by atoms with Gasteiger partial charge in [0.15, 0.2) is 5.96 Å². The Morgan fingerprint density at radius 1 is 1.33 bits per heavy atom. The maximum absolute atomic E-state index is 9.46. The van der Waals surface area contributed by atoms with Crippen LogP contribution >= 0.6 is 11.3 Å². The van der Waals surface area contributed by atoms with Crippen molar-refractivity contribution in [2.24, 2.45) is 10.4 Å². The van der Waals surface area contributed by atoms with Crippen molar-refractivity contribution in [2.75, 3.05) is 26.2 Å². The lowest BCUT2D eigenvalue weighted by Crippen LogP contribution is -2.40. The fourth-order valence-electron chi connectivity index (χ4n) is 3.54. The standard InChI is InChI=1S/C19H33N3OS/c1-3-20-18(21-14-16(2)17-8-7-13-24-17)22-15-19(11-12-23)9-5-4-6-10-19/h7-8,13,16,23H,3-6,9-12,14-15H2,1-2H3,(H2,20,21,22). The van der Waals surface area contributed by atoms with Crippen molar-refractivity contribution >= 4 is 17.3 Å². The van der Waals surface area contributed by atoms with E-state index in [9.17, 15) is 5.11 Å². The van der Waals surface area contributed by atoms with E-state index in [2.05, 4.69) is 42.0 Å². The summed E-state index contributed by atoms with van der Waals surface area (Å²) in [5.41, 5.74) is 0.203. The second-order valence-electron chi connectivity index (χ2n) is 7.03. The molecule has 0 aromatic carbocycles. The molecule has 1 atom stereocenters. The highest BCUT2D eigenvalue weighted by molar-refractivity contribution is 7.10. The number of aliphatic hydroxyl groups excluding tert-OH is 1. The monoisotopic (exact) mass is 351 g/mol. The van der Waals surface area contributed by atoms with Crippen LogP contribution < -0.4 is 10.6 Å². The van der Waals surface area contributed by atoms with Gasteiger partial charge in [0.1, 0.15) is 0 Å². The summed E-state index contributed by atoms with van der Waals surface area (Å²) in [6.45, 7) is 7.19. The maximum Gasteiger partial charge on any atom is 0.191 e. The third kappa shape index (κ3) is 5.78. The fourth-order valence-corrected chi connectivity index (χ4v) is 4.32. The molecular formula is C19H33N3OS. The molecule has 3 N–H and O–H groups in total. The van der Waals surface area contributed by atoms with Gasteiger partial charge < -0.3 is 15.7 Å². The van der Waals surface area contributed by atoms with Crippen LogP contribution in [0.2, 0.25) is 0 Å². The Morgan fingerprint density at radius 2 is 2.12 bits per heavy atom. The molecule has 1 aromatic heterocycles. The highest BCUT2D eigenvalue weighted by atomic mass is 32.1. The number of aliphatic imine (C=N–C) groups is 1. The van der Waals surface area contributed by atoms with Gasteiger partial charge >= 0.3 is 0 Å². The predicted octanol–water partition coefficient (Wildman–Crippen LogP) is 3.74. The second-order valence-corrected chi connectivity index (χ2v) is 8.01. The highest BCUT2D eigenvalue weighted by Gasteiger charge is 2.31. The first-order chi connectivity index (χ1) is 11.7. The van der Waals surface area contributed by atoms with Gasteiger partial charge in [-0.2, -0.15) is 0 Å². The van der Waals surface area contributed by atoms with E-state index in [4.69, 9.17) is 4.99 Å². The molecular weight excluding hydrogens is 318 g/mol. The first kappa shape index (κ1) is 19.3. The summed E-state index contributed by atoms with van der Waals surface area (Å²) >= 11 is 1.81. The molecule has 1 aromatic rings. The van der Waals surface area contributed by atoms with Crippen LogP contribution in [0, 0.1) is 5.41 Å². The molecule has 1 aliphatic rings. The summed E-state index contributed by atoms with van der Waals surface area (Å²) in [5, 5.41) is 18.4. The van der Waals surface area contributed by atoms with Gasteiger partial charge in [-0.05, 0) is 43.0 Å². The molecule has 0 amide bonds. The van der Waals surface area contributed by atoms with E-state index in [0.29, 0.717) is 5.92 Å². The Bertz CT molecular complexity index is 475. The maximum atomic E-state index is 9.46. The van der Waals surface area contributed by atoms with Crippen molar-refractivity contribution in [3.63, 3.8) is 0 Å². The largest absolute Gasteiger partial charge is 0.396 e. The molecule has 2 rings (SSSR count). The van der Waals surface area contributed by atoms with Crippen molar-refractivity contribution in [1.29, 1.82) is 0 Å². The first-order valence-corrected chi connectivity index (χ1v) is 10.2. The summed E-state index contributed by atoms with van der Waals surface area (Å²) in [6, 6.07) is 4.30. The summed E-state index contributed by atoms with van der Waals surface area (Å²) < 4.78 is 0. The minimum atomic E-state index is 0.203. The van der Waals surface area contributed by atoms with Crippen LogP contribution in [0.3, 0.4) is 0 Å². The van der Waals surface area contributed by atoms with E-state index >= 15 is 0 Å². The van der Waals surface area contributed by atoms with E-state index in [0.717, 1.165) is 32.0 Å². The molecule has 1 aliphatic carbocycles. The van der Waals surface area contributed by atoms with Gasteiger partial charge in [-0.1, -0.05) is 32.3 Å². The average molecular weight is 352 g/mol. The molecule has 0 aliphatic heterocycles. The minimum absolute atomic E-state index is 0.203. The number of rotatable bonds is 8. The van der Waals surface area contributed by atoms with E-state index in [1.807, 2.05) is 11.3 Å². The van der Waals surface area contributed by atoms with Crippen molar-refractivity contribution < 1.29 is 5.11 Å². The molecule has 0 spiro atoms. The number of hydrogen-bond donors (Lipinski definition) is 3. The Labute approximate surface area is 150 Å². The fraction of sp³-hybridized carbons (Fsp3) is 0.737. The molecule has 24 heavy (non-hydrogen) atoms. The average Bonchev–Trinajstić information content (AvgIpc) is 3.13. The Morgan fingerprint density at radius 3 is 2.75 bits per heavy atom. The van der Waals surface area contributed by atoms with Crippen LogP contribution in [0.1, 0.15) is 63.2 Å². The van der Waals surface area contributed by atoms with Crippen LogP contribution in [0.5, 0.6) is 0 Å². The van der Waals surface area contributed by atoms with Crippen LogP contribution in [0.4, 0.5) is 0 Å². The van der Waals surface area contributed by atoms with Gasteiger partial charge in [-0.15, -0.1) is 11.3 Å². The zero-order chi connectivity index (χ0) is 17.3. The summed E-state index contributed by atoms with van der Waals surface area (Å²) in [5.74, 6) is 1.39. The van der Waals surface area contributed by atoms with Gasteiger partial charge in [0.2, 0.25) is 0 Å². The zero-order valence-electron chi connectivity index (χ0n) is 15.2. The highest BCUT2D eigenvalue weighted by Crippen LogP contribution is 2.39.